The summed E-state index contributed by atoms with van der Waals surface area (Å²) in [5, 5.41) is 4.19. The Morgan fingerprint density at radius 3 is 2.39 bits per heavy atom. The van der Waals surface area contributed by atoms with Gasteiger partial charge in [0.1, 0.15) is 12.6 Å². The molecule has 1 aliphatic heterocycles. The molecule has 2 N–H and O–H groups in total. The van der Waals surface area contributed by atoms with Gasteiger partial charge in [0.25, 0.3) is 18.2 Å². The first-order chi connectivity index (χ1) is 19.0. The second-order valence-electron chi connectivity index (χ2n) is 8.58. The van der Waals surface area contributed by atoms with Crippen molar-refractivity contribution in [3.63, 3.8) is 0 Å². The number of rotatable bonds is 10. The normalized spacial score (nSPS) is 15.4. The number of hydrogen-bond donors (Lipinski definition) is 2. The van der Waals surface area contributed by atoms with Gasteiger partial charge in [-0.15, -0.1) is 11.3 Å². The lowest BCUT2D eigenvalue weighted by Crippen LogP contribution is -2.54. The molecule has 1 aromatic carbocycles. The van der Waals surface area contributed by atoms with Gasteiger partial charge in [0.15, 0.2) is 0 Å². The summed E-state index contributed by atoms with van der Waals surface area (Å²) in [7, 11) is 0. The quantitative estimate of drug-likeness (QED) is 0.371. The molecule has 1 fully saturated rings. The largest absolute Gasteiger partial charge is 0.418 e. The lowest BCUT2D eigenvalue weighted by atomic mass is 10.1. The Balaban J connectivity index is 1.91. The summed E-state index contributed by atoms with van der Waals surface area (Å²) < 4.78 is 113. The maximum absolute atomic E-state index is 13.9. The highest BCUT2D eigenvalue weighted by atomic mass is 35.5. The number of carbonyl (C=O) groups is 3. The number of ether oxygens (including phenoxy) is 1. The summed E-state index contributed by atoms with van der Waals surface area (Å²) in [5.41, 5.74) is -2.43. The molecule has 1 aliphatic rings. The number of morpholine rings is 1. The zero-order chi connectivity index (χ0) is 30.5. The van der Waals surface area contributed by atoms with E-state index in [4.69, 9.17) is 16.3 Å². The minimum absolute atomic E-state index is 0.00783. The van der Waals surface area contributed by atoms with E-state index >= 15 is 0 Å². The first-order valence-corrected chi connectivity index (χ1v) is 12.8. The van der Waals surface area contributed by atoms with Gasteiger partial charge in [-0.1, -0.05) is 11.6 Å². The predicted octanol–water partition coefficient (Wildman–Crippen LogP) is 4.65. The first-order valence-electron chi connectivity index (χ1n) is 11.6. The lowest BCUT2D eigenvalue weighted by Gasteiger charge is -2.31. The van der Waals surface area contributed by atoms with Crippen LogP contribution in [0.25, 0.3) is 0 Å². The summed E-state index contributed by atoms with van der Waals surface area (Å²) in [6.45, 7) is -5.11. The molecule has 2 aromatic rings. The molecule has 0 aliphatic carbocycles. The molecule has 226 valence electrons. The highest BCUT2D eigenvalue weighted by molar-refractivity contribution is 7.18. The SMILES string of the molecule is O=C(NC[C@H](C(=O)Nc1ccc(N2CCOCC2=O)c(C(F)(F)F)c1)N(CC(F)F)CC(F)(F)F)c1ccc(Cl)s1. The Labute approximate surface area is 236 Å². The fraction of sp³-hybridized carbons (Fsp3) is 0.435. The molecule has 1 saturated heterocycles. The fourth-order valence-electron chi connectivity index (χ4n) is 3.88. The van der Waals surface area contributed by atoms with Gasteiger partial charge >= 0.3 is 12.4 Å². The molecule has 18 heteroatoms. The van der Waals surface area contributed by atoms with Gasteiger partial charge in [0, 0.05) is 18.8 Å². The molecule has 0 saturated carbocycles. The summed E-state index contributed by atoms with van der Waals surface area (Å²) in [6.07, 6.45) is -13.4. The van der Waals surface area contributed by atoms with E-state index < -0.39 is 85.7 Å². The number of alkyl halides is 8. The number of amides is 3. The smallest absolute Gasteiger partial charge is 0.370 e. The van der Waals surface area contributed by atoms with Crippen LogP contribution in [0.3, 0.4) is 0 Å². The minimum atomic E-state index is -5.05. The van der Waals surface area contributed by atoms with Gasteiger partial charge in [-0.3, -0.25) is 19.3 Å². The maximum atomic E-state index is 13.9. The third kappa shape index (κ3) is 9.24. The molecular formula is C23H21ClF8N4O4S. The third-order valence-electron chi connectivity index (χ3n) is 5.60. The first kappa shape index (κ1) is 32.5. The summed E-state index contributed by atoms with van der Waals surface area (Å²) in [4.78, 5) is 38.5. The number of thiophene rings is 1. The van der Waals surface area contributed by atoms with Crippen LogP contribution in [0.5, 0.6) is 0 Å². The average Bonchev–Trinajstić information content (AvgIpc) is 3.29. The summed E-state index contributed by atoms with van der Waals surface area (Å²) >= 11 is 6.55. The molecule has 0 radical (unpaired) electrons. The minimum Gasteiger partial charge on any atom is -0.370 e. The van der Waals surface area contributed by atoms with Gasteiger partial charge in [0.2, 0.25) is 5.91 Å². The molecular weight excluding hydrogens is 616 g/mol. The Morgan fingerprint density at radius 1 is 1.12 bits per heavy atom. The van der Waals surface area contributed by atoms with E-state index in [1.54, 1.807) is 0 Å². The number of nitrogens with zero attached hydrogens (tertiary/aromatic N) is 2. The standard InChI is InChI=1S/C23H21ClF8N4O4S/c24-17-4-3-16(41-17)21(39)33-8-15(35(9-18(25)26)11-22(27,28)29)20(38)34-12-1-2-14(13(7-12)23(30,31)32)36-5-6-40-10-19(36)37/h1-4,7,15,18H,5-6,8-11H2,(H,33,39)(H,34,38)/t15-/m1/s1. The predicted molar refractivity (Wildman–Crippen MR) is 132 cm³/mol. The van der Waals surface area contributed by atoms with Crippen molar-refractivity contribution in [2.24, 2.45) is 0 Å². The van der Waals surface area contributed by atoms with E-state index in [9.17, 15) is 49.5 Å². The van der Waals surface area contributed by atoms with Gasteiger partial charge in [-0.05, 0) is 30.3 Å². The van der Waals surface area contributed by atoms with Crippen LogP contribution in [0.1, 0.15) is 15.2 Å². The average molecular weight is 637 g/mol. The molecule has 3 rings (SSSR count). The summed E-state index contributed by atoms with van der Waals surface area (Å²) in [5.74, 6) is -3.03. The number of halogens is 9. The van der Waals surface area contributed by atoms with Crippen LogP contribution in [-0.2, 0) is 20.5 Å². The van der Waals surface area contributed by atoms with Crippen molar-refractivity contribution in [2.75, 3.05) is 49.6 Å². The van der Waals surface area contributed by atoms with E-state index in [1.165, 1.54) is 12.1 Å². The van der Waals surface area contributed by atoms with Crippen molar-refractivity contribution in [3.05, 3.63) is 45.1 Å². The molecule has 3 amide bonds. The van der Waals surface area contributed by atoms with Crippen molar-refractivity contribution in [2.45, 2.75) is 24.8 Å². The Morgan fingerprint density at radius 2 is 1.83 bits per heavy atom. The zero-order valence-corrected chi connectivity index (χ0v) is 22.2. The van der Waals surface area contributed by atoms with Gasteiger partial charge in [-0.2, -0.15) is 26.3 Å². The number of hydrogen-bond acceptors (Lipinski definition) is 6. The van der Waals surface area contributed by atoms with E-state index in [1.807, 2.05) is 5.32 Å². The number of carbonyl (C=O) groups excluding carboxylic acids is 3. The van der Waals surface area contributed by atoms with Crippen LogP contribution >= 0.6 is 22.9 Å². The van der Waals surface area contributed by atoms with E-state index in [0.29, 0.717) is 6.07 Å². The highest BCUT2D eigenvalue weighted by Gasteiger charge is 2.40. The molecule has 0 unspecified atom stereocenters. The van der Waals surface area contributed by atoms with Crippen molar-refractivity contribution in [1.29, 1.82) is 0 Å². The lowest BCUT2D eigenvalue weighted by molar-refractivity contribution is -0.157. The number of anilines is 2. The molecule has 8 nitrogen and oxygen atoms in total. The van der Waals surface area contributed by atoms with Crippen LogP contribution in [-0.4, -0.2) is 80.7 Å². The second kappa shape index (κ2) is 13.3. The van der Waals surface area contributed by atoms with Crippen LogP contribution in [0.4, 0.5) is 46.5 Å². The fourth-order valence-corrected chi connectivity index (χ4v) is 4.84. The molecule has 1 aromatic heterocycles. The third-order valence-corrected chi connectivity index (χ3v) is 6.83. The Bertz CT molecular complexity index is 1260. The van der Waals surface area contributed by atoms with Crippen LogP contribution in [0, 0.1) is 0 Å². The molecule has 0 bridgehead atoms. The molecule has 2 heterocycles. The Kier molecular flexibility index (Phi) is 10.5. The number of benzene rings is 1. The van der Waals surface area contributed by atoms with Gasteiger partial charge < -0.3 is 20.3 Å². The molecule has 41 heavy (non-hydrogen) atoms. The number of nitrogens with one attached hydrogen (secondary N) is 2. The zero-order valence-electron chi connectivity index (χ0n) is 20.6. The monoisotopic (exact) mass is 636 g/mol. The van der Waals surface area contributed by atoms with Crippen molar-refractivity contribution in [1.82, 2.24) is 10.2 Å². The second-order valence-corrected chi connectivity index (χ2v) is 10.3. The van der Waals surface area contributed by atoms with Crippen molar-refractivity contribution in [3.8, 4) is 0 Å². The summed E-state index contributed by atoms with van der Waals surface area (Å²) in [6, 6.07) is 2.86. The Hall–Kier alpha value is -3.02. The van der Waals surface area contributed by atoms with E-state index in [2.05, 4.69) is 5.32 Å². The van der Waals surface area contributed by atoms with Crippen LogP contribution < -0.4 is 15.5 Å². The van der Waals surface area contributed by atoms with E-state index in [0.717, 1.165) is 28.4 Å². The highest BCUT2D eigenvalue weighted by Crippen LogP contribution is 2.39. The topological polar surface area (TPSA) is 91.0 Å². The molecule has 1 atom stereocenters. The van der Waals surface area contributed by atoms with Crippen LogP contribution in [0.15, 0.2) is 30.3 Å². The van der Waals surface area contributed by atoms with Crippen molar-refractivity contribution < 1.29 is 54.2 Å². The van der Waals surface area contributed by atoms with Crippen LogP contribution in [0.2, 0.25) is 4.34 Å². The van der Waals surface area contributed by atoms with Gasteiger partial charge in [0.05, 0.1) is 40.2 Å². The van der Waals surface area contributed by atoms with Crippen molar-refractivity contribution >= 4 is 52.0 Å². The van der Waals surface area contributed by atoms with E-state index in [-0.39, 0.29) is 27.3 Å². The maximum Gasteiger partial charge on any atom is 0.418 e. The van der Waals surface area contributed by atoms with Gasteiger partial charge in [-0.25, -0.2) is 8.78 Å². The molecule has 0 spiro atoms.